The third-order valence-corrected chi connectivity index (χ3v) is 28.0. The van der Waals surface area contributed by atoms with Crippen LogP contribution in [-0.2, 0) is 71.5 Å². The van der Waals surface area contributed by atoms with Gasteiger partial charge in [-0.2, -0.15) is 4.98 Å². The third-order valence-electron chi connectivity index (χ3n) is 15.9. The quantitative estimate of drug-likeness (QED) is 0.0711. The van der Waals surface area contributed by atoms with E-state index >= 15 is 0 Å². The topological polar surface area (TPSA) is 255 Å². The van der Waals surface area contributed by atoms with Crippen molar-refractivity contribution in [2.24, 2.45) is 0 Å². The average Bonchev–Trinajstić information content (AvgIpc) is 4.05. The Labute approximate surface area is 461 Å². The van der Waals surface area contributed by atoms with E-state index in [9.17, 15) is 14.3 Å². The highest BCUT2D eigenvalue weighted by Crippen LogP contribution is 2.56. The fourth-order valence-corrected chi connectivity index (χ4v) is 14.6. The summed E-state index contributed by atoms with van der Waals surface area (Å²) < 4.78 is 70.3. The van der Waals surface area contributed by atoms with Crippen molar-refractivity contribution in [3.8, 4) is 0 Å². The van der Waals surface area contributed by atoms with Gasteiger partial charge < -0.3 is 79.0 Å². The number of hydrogen-bond donors (Lipinski definition) is 5. The predicted octanol–water partition coefficient (Wildman–Crippen LogP) is 5.00. The van der Waals surface area contributed by atoms with Crippen LogP contribution in [0.4, 0.5) is 11.8 Å². The summed E-state index contributed by atoms with van der Waals surface area (Å²) in [6, 6.07) is 0. The fourth-order valence-electron chi connectivity index (χ4n) is 9.16. The van der Waals surface area contributed by atoms with Crippen molar-refractivity contribution in [1.29, 1.82) is 0 Å². The van der Waals surface area contributed by atoms with Crippen LogP contribution in [-0.4, -0.2) is 146 Å². The number of quaternary nitrogens is 2. The van der Waals surface area contributed by atoms with E-state index in [-0.39, 0.29) is 27.2 Å². The second kappa shape index (κ2) is 25.3. The highest BCUT2D eigenvalue weighted by molar-refractivity contribution is 8.32. The summed E-state index contributed by atoms with van der Waals surface area (Å²) in [6.45, 7) is 32.5. The lowest BCUT2D eigenvalue weighted by molar-refractivity contribution is -0.894. The maximum Gasteiger partial charge on any atom is 0.280 e. The zero-order valence-corrected chi connectivity index (χ0v) is 53.0. The zero-order valence-electron chi connectivity index (χ0n) is 47.6. The summed E-state index contributed by atoms with van der Waals surface area (Å²) in [5, 5.41) is 3.65. The van der Waals surface area contributed by atoms with E-state index in [1.165, 1.54) is 56.5 Å². The molecule has 0 aromatic carbocycles. The molecule has 10 atom stereocenters. The van der Waals surface area contributed by atoms with Crippen LogP contribution in [0.5, 0.6) is 0 Å². The number of H-pyrrole nitrogens is 1. The molecule has 8 heterocycles. The van der Waals surface area contributed by atoms with Gasteiger partial charge in [-0.05, 0) is 96.2 Å². The number of fused-ring (bicyclic) bond motifs is 4. The monoisotopic (exact) mass is 1180 g/mol. The van der Waals surface area contributed by atoms with Crippen LogP contribution in [0.3, 0.4) is 0 Å². The molecule has 3 fully saturated rings. The second-order valence-corrected chi connectivity index (χ2v) is 37.8. The molecule has 2 unspecified atom stereocenters. The normalized spacial score (nSPS) is 28.6. The minimum absolute atomic E-state index is 0.0362. The van der Waals surface area contributed by atoms with Crippen molar-refractivity contribution in [3.63, 3.8) is 0 Å². The lowest BCUT2D eigenvalue weighted by Crippen LogP contribution is -3.11. The van der Waals surface area contributed by atoms with Gasteiger partial charge in [-0.3, -0.25) is 18.9 Å². The van der Waals surface area contributed by atoms with E-state index in [1.807, 2.05) is 23.9 Å². The molecule has 2 bridgehead atoms. The Morgan fingerprint density at radius 2 is 1.38 bits per heavy atom. The Hall–Kier alpha value is -2.21. The zero-order chi connectivity index (χ0) is 56.3. The van der Waals surface area contributed by atoms with E-state index in [1.54, 1.807) is 9.80 Å². The number of nitrogens with one attached hydrogen (secondary N) is 4. The molecule has 0 amide bonds. The van der Waals surface area contributed by atoms with Crippen LogP contribution >= 0.6 is 13.5 Å². The van der Waals surface area contributed by atoms with Crippen molar-refractivity contribution in [2.45, 2.75) is 181 Å². The highest BCUT2D eigenvalue weighted by Gasteiger charge is 2.56. The Bertz CT molecular complexity index is 2710. The van der Waals surface area contributed by atoms with E-state index < -0.39 is 98.0 Å². The number of rotatable bonds is 12. The largest absolute Gasteiger partial charge is 0.780 e. The number of nitrogen functional groups attached to an aromatic ring is 1. The lowest BCUT2D eigenvalue weighted by atomic mass is 10.1. The maximum atomic E-state index is 14.6. The standard InChI is InChI=1S/C36H57N9O11P2S2Si2.2C6H15N/c1-35(2,3)61(7,8)55-25-21-16-50-57(47,59)53-24-20(15-49-58(48,60)54-26(25)32(52-21)45-18-41-23-30(45)42-34(37)43-31(23)46)51-33(27(24)56-62(9,10)36(4,5)6)44-14-19-12-11-13-38-28-22(19)29(44)40-17-39-28;2*1-4-7(5-2)6-3/h14,17-18,20-21,24-27,32-33H,11-13,15-16H2,1-10H3,(H,47,59)(H,48,60)(H,38,39,40)(H3,37,42,43,46);2*4-6H2,1-3H3/t20-,21-,24-,25-,26-,27-,32-,33-,57?,58?;;/m1../s1. The Kier molecular flexibility index (Phi) is 21.0. The number of aromatic amines is 1. The molecule has 4 aromatic rings. The average molecular weight is 1180 g/mol. The second-order valence-electron chi connectivity index (χ2n) is 22.9. The number of ether oxygens (including phenoxy) is 2. The number of imidazole rings is 1. The number of anilines is 2. The molecule has 4 aliphatic heterocycles. The minimum Gasteiger partial charge on any atom is -0.780 e. The minimum atomic E-state index is -4.51. The third kappa shape index (κ3) is 14.5. The predicted molar refractivity (Wildman–Crippen MR) is 305 cm³/mol. The van der Waals surface area contributed by atoms with Gasteiger partial charge in [0.1, 0.15) is 61.1 Å². The smallest absolute Gasteiger partial charge is 0.280 e. The number of hydrogen-bond acceptors (Lipinski definition) is 19. The van der Waals surface area contributed by atoms with E-state index in [0.717, 1.165) is 30.3 Å². The van der Waals surface area contributed by atoms with Gasteiger partial charge in [-0.25, -0.2) is 15.0 Å². The summed E-state index contributed by atoms with van der Waals surface area (Å²) >= 11 is 11.3. The first-order valence-corrected chi connectivity index (χ1v) is 37.8. The first-order valence-electron chi connectivity index (χ1n) is 26.9. The van der Waals surface area contributed by atoms with Crippen molar-refractivity contribution < 1.29 is 55.7 Å². The number of aryl methyl sites for hydroxylation is 1. The molecule has 76 heavy (non-hydrogen) atoms. The van der Waals surface area contributed by atoms with Gasteiger partial charge in [0.25, 0.3) is 5.56 Å². The number of nitrogens with zero attached hydrogens (tertiary/aromatic N) is 6. The van der Waals surface area contributed by atoms with Gasteiger partial charge in [0, 0.05) is 12.7 Å². The van der Waals surface area contributed by atoms with E-state index in [4.69, 9.17) is 66.2 Å². The molecule has 3 saturated heterocycles. The number of aromatic nitrogens is 7. The summed E-state index contributed by atoms with van der Waals surface area (Å²) in [5.74, 6) is 0.533. The summed E-state index contributed by atoms with van der Waals surface area (Å²) in [7, 11) is -5.37. The first kappa shape index (κ1) is 63.0. The van der Waals surface area contributed by atoms with E-state index in [0.29, 0.717) is 11.5 Å². The molecule has 8 rings (SSSR count). The molecule has 4 aliphatic rings. The van der Waals surface area contributed by atoms with Gasteiger partial charge in [0.05, 0.1) is 64.2 Å². The van der Waals surface area contributed by atoms with Crippen LogP contribution in [0, 0.1) is 0 Å². The van der Waals surface area contributed by atoms with E-state index in [2.05, 4.69) is 126 Å². The molecule has 0 radical (unpaired) electrons. The Balaban J connectivity index is 0.000000590. The summed E-state index contributed by atoms with van der Waals surface area (Å²) in [5.41, 5.74) is 6.99. The SMILES string of the molecule is CC(C)(C)[Si](C)(C)O[C@@H]1[C@@H]2OP([O-])(=S)OC[C@H]3O[C@@H](n4cnc5c(=O)[nH]c(N)nc54)[C@H](OP(=O)([S-])OC[C@H]2O[C@H]1n1cc2c4c(ncnc41)NCCC2)[C@@H]3O[Si](C)(C)C(C)(C)C.CC[NH+](CC)CC.CC[NH+](CC)CC. The summed E-state index contributed by atoms with van der Waals surface area (Å²) in [6.07, 6.45) is -2.37. The Morgan fingerprint density at radius 1 is 0.816 bits per heavy atom. The molecule has 28 heteroatoms. The van der Waals surface area contributed by atoms with Crippen molar-refractivity contribution in [1.82, 2.24) is 34.1 Å². The molecule has 22 nitrogen and oxygen atoms in total. The molecule has 0 spiro atoms. The molecule has 6 N–H and O–H groups in total. The van der Waals surface area contributed by atoms with Crippen LogP contribution in [0.25, 0.3) is 22.2 Å². The van der Waals surface area contributed by atoms with Crippen molar-refractivity contribution in [2.75, 3.05) is 70.1 Å². The Morgan fingerprint density at radius 3 is 1.95 bits per heavy atom. The van der Waals surface area contributed by atoms with Gasteiger partial charge in [-0.15, -0.1) is 0 Å². The van der Waals surface area contributed by atoms with Crippen molar-refractivity contribution in [3.05, 3.63) is 34.8 Å². The van der Waals surface area contributed by atoms with Gasteiger partial charge in [-0.1, -0.05) is 53.3 Å². The van der Waals surface area contributed by atoms with Crippen LogP contribution in [0.1, 0.15) is 108 Å². The molecule has 430 valence electrons. The van der Waals surface area contributed by atoms with Crippen LogP contribution < -0.4 is 31.3 Å². The van der Waals surface area contributed by atoms with Gasteiger partial charge in [0.2, 0.25) is 12.7 Å². The lowest BCUT2D eigenvalue weighted by Gasteiger charge is -2.42. The highest BCUT2D eigenvalue weighted by atomic mass is 32.7. The molecule has 0 saturated carbocycles. The summed E-state index contributed by atoms with van der Waals surface area (Å²) in [4.78, 5) is 51.0. The molecule has 0 aliphatic carbocycles. The number of nitrogens with two attached hydrogens (primary N) is 1. The molecule has 4 aromatic heterocycles. The molecular weight excluding hydrogens is 1090 g/mol. The maximum absolute atomic E-state index is 14.6. The first-order chi connectivity index (χ1) is 35.4. The van der Waals surface area contributed by atoms with Gasteiger partial charge >= 0.3 is 0 Å². The fraction of sp³-hybridized carbons (Fsp3) is 0.771. The van der Waals surface area contributed by atoms with Gasteiger partial charge in [0.15, 0.2) is 40.3 Å². The molecular formula is C48H87N11O11P2S2Si2. The van der Waals surface area contributed by atoms with Crippen LogP contribution in [0.2, 0.25) is 36.3 Å². The van der Waals surface area contributed by atoms with Crippen LogP contribution in [0.15, 0.2) is 23.6 Å². The van der Waals surface area contributed by atoms with Crippen molar-refractivity contribution >= 4 is 88.2 Å².